The highest BCUT2D eigenvalue weighted by atomic mass is 35.5. The molecular formula is C21H19ClFN9O. The average Bonchev–Trinajstić information content (AvgIpc) is 3.63. The van der Waals surface area contributed by atoms with Gasteiger partial charge in [-0.3, -0.25) is 14.3 Å². The molecule has 0 saturated heterocycles. The topological polar surface area (TPSA) is 164 Å². The van der Waals surface area contributed by atoms with Gasteiger partial charge in [0.25, 0.3) is 5.56 Å². The first-order valence-electron chi connectivity index (χ1n) is 10.1. The third-order valence-corrected chi connectivity index (χ3v) is 5.87. The largest absolute Gasteiger partial charge is 0.398 e. The summed E-state index contributed by atoms with van der Waals surface area (Å²) in [7, 11) is 0. The first-order chi connectivity index (χ1) is 15.8. The van der Waals surface area contributed by atoms with Gasteiger partial charge in [0.2, 0.25) is 5.95 Å². The maximum Gasteiger partial charge on any atom is 0.268 e. The molecule has 12 heteroatoms. The third kappa shape index (κ3) is 3.65. The molecule has 1 fully saturated rings. The van der Waals surface area contributed by atoms with E-state index in [0.717, 1.165) is 12.8 Å². The molecule has 5 rings (SSSR count). The highest BCUT2D eigenvalue weighted by Gasteiger charge is 2.37. The Kier molecular flexibility index (Phi) is 4.97. The summed E-state index contributed by atoms with van der Waals surface area (Å²) < 4.78 is 16.1. The lowest BCUT2D eigenvalue weighted by Crippen LogP contribution is -2.30. The Labute approximate surface area is 191 Å². The van der Waals surface area contributed by atoms with Crippen LogP contribution in [0.25, 0.3) is 16.6 Å². The van der Waals surface area contributed by atoms with Gasteiger partial charge in [0.15, 0.2) is 5.82 Å². The van der Waals surface area contributed by atoms with E-state index in [1.807, 2.05) is 0 Å². The van der Waals surface area contributed by atoms with E-state index in [9.17, 15) is 9.18 Å². The van der Waals surface area contributed by atoms with E-state index in [1.165, 1.54) is 22.9 Å². The molecule has 1 unspecified atom stereocenters. The number of nitrogens with two attached hydrogens (primary N) is 3. The molecule has 0 spiro atoms. The predicted molar refractivity (Wildman–Crippen MR) is 124 cm³/mol. The Balaban J connectivity index is 1.78. The number of rotatable bonds is 5. The molecule has 3 heterocycles. The van der Waals surface area contributed by atoms with E-state index in [1.54, 1.807) is 18.3 Å². The van der Waals surface area contributed by atoms with Crippen molar-refractivity contribution in [1.29, 1.82) is 0 Å². The van der Waals surface area contributed by atoms with Crippen molar-refractivity contribution in [3.05, 3.63) is 63.7 Å². The Hall–Kier alpha value is -3.99. The fourth-order valence-corrected chi connectivity index (χ4v) is 3.93. The normalized spacial score (nSPS) is 14.4. The van der Waals surface area contributed by atoms with Crippen LogP contribution in [-0.2, 0) is 0 Å². The summed E-state index contributed by atoms with van der Waals surface area (Å²) in [4.78, 5) is 30.3. The van der Waals surface area contributed by atoms with Gasteiger partial charge in [-0.2, -0.15) is 9.97 Å². The van der Waals surface area contributed by atoms with Crippen LogP contribution in [-0.4, -0.2) is 24.5 Å². The van der Waals surface area contributed by atoms with Gasteiger partial charge in [-0.05, 0) is 43.0 Å². The molecule has 0 bridgehead atoms. The second-order valence-electron chi connectivity index (χ2n) is 7.77. The molecule has 0 amide bonds. The van der Waals surface area contributed by atoms with Crippen LogP contribution in [0, 0.1) is 11.7 Å². The standard InChI is InChI=1S/C21H19ClFN9O/c22-14-17(25)30-21(26)31-18(14)28-15(9-3-4-9)19-29-16-11(23)5-6-12(24)13(16)20(33)32(19)10-2-1-7-27-8-10/h1-2,5-9,15H,3-4,24H2,(H5,25,26,28,30,31). The number of hydrogen-bond acceptors (Lipinski definition) is 9. The number of nitrogen functional groups attached to an aromatic ring is 3. The van der Waals surface area contributed by atoms with Gasteiger partial charge in [-0.25, -0.2) is 9.37 Å². The lowest BCUT2D eigenvalue weighted by atomic mass is 10.1. The Morgan fingerprint density at radius 2 is 1.94 bits per heavy atom. The predicted octanol–water partition coefficient (Wildman–Crippen LogP) is 2.67. The molecule has 1 aromatic carbocycles. The van der Waals surface area contributed by atoms with Crippen LogP contribution in [0.1, 0.15) is 24.7 Å². The quantitative estimate of drug-likeness (QED) is 0.323. The number of aromatic nitrogens is 5. The third-order valence-electron chi connectivity index (χ3n) is 5.50. The van der Waals surface area contributed by atoms with Crippen molar-refractivity contribution in [2.24, 2.45) is 5.92 Å². The summed E-state index contributed by atoms with van der Waals surface area (Å²) in [5, 5.41) is 3.28. The number of hydrogen-bond donors (Lipinski definition) is 4. The molecule has 1 aliphatic rings. The SMILES string of the molecule is Nc1nc(N)c(Cl)c(NC(c2nc3c(F)ccc(N)c3c(=O)n2-c2cccnc2)C2CC2)n1. The zero-order valence-electron chi connectivity index (χ0n) is 17.2. The van der Waals surface area contributed by atoms with E-state index in [-0.39, 0.29) is 50.9 Å². The van der Waals surface area contributed by atoms with Crippen LogP contribution in [0.4, 0.5) is 27.7 Å². The van der Waals surface area contributed by atoms with Crippen LogP contribution in [0.5, 0.6) is 0 Å². The molecule has 3 aromatic heterocycles. The molecule has 7 N–H and O–H groups in total. The second-order valence-corrected chi connectivity index (χ2v) is 8.15. The Bertz CT molecular complexity index is 1440. The monoisotopic (exact) mass is 467 g/mol. The van der Waals surface area contributed by atoms with Gasteiger partial charge in [-0.1, -0.05) is 11.6 Å². The van der Waals surface area contributed by atoms with Gasteiger partial charge in [0.1, 0.15) is 28.0 Å². The molecule has 1 aliphatic carbocycles. The maximum atomic E-state index is 14.8. The number of nitrogens with zero attached hydrogens (tertiary/aromatic N) is 5. The molecule has 4 aromatic rings. The van der Waals surface area contributed by atoms with Crippen LogP contribution >= 0.6 is 11.6 Å². The molecule has 1 atom stereocenters. The van der Waals surface area contributed by atoms with Gasteiger partial charge >= 0.3 is 0 Å². The van der Waals surface area contributed by atoms with Gasteiger partial charge in [0.05, 0.1) is 23.3 Å². The fourth-order valence-electron chi connectivity index (χ4n) is 3.79. The highest BCUT2D eigenvalue weighted by Crippen LogP contribution is 2.44. The van der Waals surface area contributed by atoms with Gasteiger partial charge in [-0.15, -0.1) is 0 Å². The number of benzene rings is 1. The highest BCUT2D eigenvalue weighted by molar-refractivity contribution is 6.35. The van der Waals surface area contributed by atoms with Crippen LogP contribution < -0.4 is 28.1 Å². The summed E-state index contributed by atoms with van der Waals surface area (Å²) in [5.74, 6) is -0.174. The van der Waals surface area contributed by atoms with Crippen molar-refractivity contribution in [2.75, 3.05) is 22.5 Å². The van der Waals surface area contributed by atoms with Crippen molar-refractivity contribution in [1.82, 2.24) is 24.5 Å². The van der Waals surface area contributed by atoms with E-state index >= 15 is 0 Å². The minimum atomic E-state index is -0.654. The summed E-state index contributed by atoms with van der Waals surface area (Å²) in [6, 6.07) is 5.36. The van der Waals surface area contributed by atoms with Crippen molar-refractivity contribution < 1.29 is 4.39 Å². The lowest BCUT2D eigenvalue weighted by molar-refractivity contribution is 0.600. The average molecular weight is 468 g/mol. The van der Waals surface area contributed by atoms with Crippen molar-refractivity contribution in [2.45, 2.75) is 18.9 Å². The van der Waals surface area contributed by atoms with E-state index in [2.05, 4.69) is 25.3 Å². The smallest absolute Gasteiger partial charge is 0.268 e. The minimum Gasteiger partial charge on any atom is -0.398 e. The second kappa shape index (κ2) is 7.85. The van der Waals surface area contributed by atoms with Crippen LogP contribution in [0.15, 0.2) is 41.5 Å². The summed E-state index contributed by atoms with van der Waals surface area (Å²) in [5.41, 5.74) is 17.6. The van der Waals surface area contributed by atoms with Gasteiger partial charge < -0.3 is 22.5 Å². The van der Waals surface area contributed by atoms with Crippen molar-refractivity contribution >= 4 is 45.8 Å². The maximum absolute atomic E-state index is 14.8. The van der Waals surface area contributed by atoms with Crippen molar-refractivity contribution in [3.63, 3.8) is 0 Å². The number of fused-ring (bicyclic) bond motifs is 1. The number of pyridine rings is 1. The molecule has 168 valence electrons. The van der Waals surface area contributed by atoms with E-state index in [4.69, 9.17) is 28.8 Å². The van der Waals surface area contributed by atoms with Crippen molar-refractivity contribution in [3.8, 4) is 5.69 Å². The first kappa shape index (κ1) is 20.9. The summed E-state index contributed by atoms with van der Waals surface area (Å²) in [6.07, 6.45) is 4.81. The zero-order valence-corrected chi connectivity index (χ0v) is 17.9. The number of anilines is 4. The van der Waals surface area contributed by atoms with Gasteiger partial charge in [0, 0.05) is 11.9 Å². The molecule has 10 nitrogen and oxygen atoms in total. The molecule has 0 aliphatic heterocycles. The fraction of sp³-hybridized carbons (Fsp3) is 0.190. The molecule has 33 heavy (non-hydrogen) atoms. The Morgan fingerprint density at radius 3 is 2.64 bits per heavy atom. The molecule has 0 radical (unpaired) electrons. The van der Waals surface area contributed by atoms with Crippen LogP contribution in [0.2, 0.25) is 5.02 Å². The molecule has 1 saturated carbocycles. The van der Waals surface area contributed by atoms with E-state index in [0.29, 0.717) is 5.69 Å². The summed E-state index contributed by atoms with van der Waals surface area (Å²) >= 11 is 6.31. The molecular weight excluding hydrogens is 449 g/mol. The summed E-state index contributed by atoms with van der Waals surface area (Å²) in [6.45, 7) is 0. The number of nitrogens with one attached hydrogen (secondary N) is 1. The van der Waals surface area contributed by atoms with Crippen LogP contribution in [0.3, 0.4) is 0 Å². The lowest BCUT2D eigenvalue weighted by Gasteiger charge is -2.24. The zero-order chi connectivity index (χ0) is 23.3. The first-order valence-corrected chi connectivity index (χ1v) is 10.5. The Morgan fingerprint density at radius 1 is 1.15 bits per heavy atom. The van der Waals surface area contributed by atoms with E-state index < -0.39 is 17.4 Å². The minimum absolute atomic E-state index is 0.00860. The number of halogens is 2.